The second-order valence-corrected chi connectivity index (χ2v) is 6.19. The summed E-state index contributed by atoms with van der Waals surface area (Å²) in [5, 5.41) is 0. The molecule has 3 heteroatoms. The number of hydrogen-bond acceptors (Lipinski definition) is 2. The first-order chi connectivity index (χ1) is 9.47. The van der Waals surface area contributed by atoms with E-state index in [0.717, 1.165) is 16.6 Å². The highest BCUT2D eigenvalue weighted by molar-refractivity contribution is 9.10. The van der Waals surface area contributed by atoms with Gasteiger partial charge in [0, 0.05) is 29.8 Å². The molecule has 0 aromatic heterocycles. The molecule has 106 valence electrons. The van der Waals surface area contributed by atoms with Gasteiger partial charge in [0.15, 0.2) is 0 Å². The van der Waals surface area contributed by atoms with Crippen LogP contribution in [0.15, 0.2) is 46.9 Å². The van der Waals surface area contributed by atoms with Gasteiger partial charge in [0.1, 0.15) is 0 Å². The van der Waals surface area contributed by atoms with E-state index in [1.54, 1.807) is 0 Å². The summed E-state index contributed by atoms with van der Waals surface area (Å²) >= 11 is 3.61. The van der Waals surface area contributed by atoms with Crippen LogP contribution in [-0.4, -0.2) is 7.05 Å². The number of benzene rings is 2. The maximum Gasteiger partial charge on any atom is 0.0426 e. The SMILES string of the molecule is Cc1cccc(CN(C)c2ccc([C@H](C)N)c(Br)c2)c1. The van der Waals surface area contributed by atoms with Crippen molar-refractivity contribution in [3.63, 3.8) is 0 Å². The van der Waals surface area contributed by atoms with E-state index >= 15 is 0 Å². The van der Waals surface area contributed by atoms with Gasteiger partial charge in [-0.1, -0.05) is 51.8 Å². The van der Waals surface area contributed by atoms with Crippen LogP contribution in [-0.2, 0) is 6.54 Å². The van der Waals surface area contributed by atoms with Crippen molar-refractivity contribution in [1.29, 1.82) is 0 Å². The highest BCUT2D eigenvalue weighted by Crippen LogP contribution is 2.27. The minimum absolute atomic E-state index is 0.0421. The Morgan fingerprint density at radius 3 is 2.55 bits per heavy atom. The molecule has 1 atom stereocenters. The molecule has 0 amide bonds. The van der Waals surface area contributed by atoms with E-state index in [1.165, 1.54) is 16.8 Å². The van der Waals surface area contributed by atoms with Gasteiger partial charge in [0.25, 0.3) is 0 Å². The van der Waals surface area contributed by atoms with Gasteiger partial charge in [-0.3, -0.25) is 0 Å². The van der Waals surface area contributed by atoms with E-state index < -0.39 is 0 Å². The smallest absolute Gasteiger partial charge is 0.0426 e. The number of rotatable bonds is 4. The number of nitrogens with two attached hydrogens (primary N) is 1. The van der Waals surface area contributed by atoms with Crippen LogP contribution in [0.2, 0.25) is 0 Å². The molecule has 2 aromatic carbocycles. The Kier molecular flexibility index (Phi) is 4.84. The van der Waals surface area contributed by atoms with E-state index in [9.17, 15) is 0 Å². The molecule has 2 nitrogen and oxygen atoms in total. The Morgan fingerprint density at radius 2 is 1.95 bits per heavy atom. The zero-order valence-electron chi connectivity index (χ0n) is 12.2. The van der Waals surface area contributed by atoms with Crippen LogP contribution >= 0.6 is 15.9 Å². The first kappa shape index (κ1) is 15.1. The molecule has 0 bridgehead atoms. The standard InChI is InChI=1S/C17H21BrN2/c1-12-5-4-6-14(9-12)11-20(3)15-7-8-16(13(2)19)17(18)10-15/h4-10,13H,11,19H2,1-3H3/t13-/m0/s1. The lowest BCUT2D eigenvalue weighted by Gasteiger charge is -2.21. The van der Waals surface area contributed by atoms with Gasteiger partial charge in [-0.2, -0.15) is 0 Å². The Bertz CT molecular complexity index is 593. The van der Waals surface area contributed by atoms with Crippen molar-refractivity contribution in [3.05, 3.63) is 63.6 Å². The average molecular weight is 333 g/mol. The predicted octanol–water partition coefficient (Wildman–Crippen LogP) is 4.41. The molecule has 2 N–H and O–H groups in total. The molecule has 2 rings (SSSR count). The molecule has 0 spiro atoms. The highest BCUT2D eigenvalue weighted by Gasteiger charge is 2.08. The molecule has 0 radical (unpaired) electrons. The van der Waals surface area contributed by atoms with Gasteiger partial charge >= 0.3 is 0 Å². The number of halogens is 1. The lowest BCUT2D eigenvalue weighted by atomic mass is 10.1. The molecule has 0 unspecified atom stereocenters. The molecule has 0 heterocycles. The van der Waals surface area contributed by atoms with Crippen molar-refractivity contribution < 1.29 is 0 Å². The van der Waals surface area contributed by atoms with Crippen LogP contribution in [0, 0.1) is 6.92 Å². The molecule has 20 heavy (non-hydrogen) atoms. The van der Waals surface area contributed by atoms with Crippen molar-refractivity contribution >= 4 is 21.6 Å². The Balaban J connectivity index is 2.17. The third-order valence-electron chi connectivity index (χ3n) is 3.42. The first-order valence-electron chi connectivity index (χ1n) is 6.79. The fourth-order valence-electron chi connectivity index (χ4n) is 2.30. The topological polar surface area (TPSA) is 29.3 Å². The zero-order valence-corrected chi connectivity index (χ0v) is 13.8. The Hall–Kier alpha value is -1.32. The summed E-state index contributed by atoms with van der Waals surface area (Å²) < 4.78 is 1.07. The fraction of sp³-hybridized carbons (Fsp3) is 0.294. The quantitative estimate of drug-likeness (QED) is 0.898. The van der Waals surface area contributed by atoms with Gasteiger partial charge in [-0.25, -0.2) is 0 Å². The van der Waals surface area contributed by atoms with Crippen LogP contribution in [0.1, 0.15) is 29.7 Å². The maximum atomic E-state index is 5.94. The van der Waals surface area contributed by atoms with Crippen molar-refractivity contribution in [2.75, 3.05) is 11.9 Å². The van der Waals surface area contributed by atoms with Gasteiger partial charge in [0.2, 0.25) is 0 Å². The fourth-order valence-corrected chi connectivity index (χ4v) is 3.03. The molecule has 0 saturated heterocycles. The molecule has 2 aromatic rings. The van der Waals surface area contributed by atoms with E-state index in [4.69, 9.17) is 5.73 Å². The first-order valence-corrected chi connectivity index (χ1v) is 7.58. The van der Waals surface area contributed by atoms with Crippen LogP contribution in [0.4, 0.5) is 5.69 Å². The summed E-state index contributed by atoms with van der Waals surface area (Å²) in [7, 11) is 2.11. The summed E-state index contributed by atoms with van der Waals surface area (Å²) in [5.41, 5.74) is 10.9. The summed E-state index contributed by atoms with van der Waals surface area (Å²) in [6.07, 6.45) is 0. The number of hydrogen-bond donors (Lipinski definition) is 1. The van der Waals surface area contributed by atoms with Crippen LogP contribution in [0.25, 0.3) is 0 Å². The normalized spacial score (nSPS) is 12.2. The van der Waals surface area contributed by atoms with Gasteiger partial charge in [-0.15, -0.1) is 0 Å². The maximum absolute atomic E-state index is 5.94. The number of nitrogens with zero attached hydrogens (tertiary/aromatic N) is 1. The zero-order chi connectivity index (χ0) is 14.7. The predicted molar refractivity (Wildman–Crippen MR) is 90.0 cm³/mol. The molecule has 0 aliphatic rings. The highest BCUT2D eigenvalue weighted by atomic mass is 79.9. The summed E-state index contributed by atoms with van der Waals surface area (Å²) in [6.45, 7) is 5.01. The second-order valence-electron chi connectivity index (χ2n) is 5.34. The number of anilines is 1. The van der Waals surface area contributed by atoms with Gasteiger partial charge in [0.05, 0.1) is 0 Å². The van der Waals surface area contributed by atoms with Crippen LogP contribution in [0.3, 0.4) is 0 Å². The lowest BCUT2D eigenvalue weighted by molar-refractivity contribution is 0.812. The monoisotopic (exact) mass is 332 g/mol. The van der Waals surface area contributed by atoms with E-state index in [2.05, 4.69) is 77.3 Å². The van der Waals surface area contributed by atoms with Crippen molar-refractivity contribution in [2.45, 2.75) is 26.4 Å². The van der Waals surface area contributed by atoms with Crippen molar-refractivity contribution in [2.24, 2.45) is 5.73 Å². The number of aryl methyl sites for hydroxylation is 1. The van der Waals surface area contributed by atoms with E-state index in [-0.39, 0.29) is 6.04 Å². The van der Waals surface area contributed by atoms with E-state index in [1.807, 2.05) is 6.92 Å². The Labute approximate surface area is 129 Å². The van der Waals surface area contributed by atoms with Crippen molar-refractivity contribution in [1.82, 2.24) is 0 Å². The minimum atomic E-state index is 0.0421. The third kappa shape index (κ3) is 3.62. The average Bonchev–Trinajstić information content (AvgIpc) is 2.38. The second kappa shape index (κ2) is 6.42. The van der Waals surface area contributed by atoms with Crippen LogP contribution in [0.5, 0.6) is 0 Å². The largest absolute Gasteiger partial charge is 0.370 e. The molecule has 0 fully saturated rings. The minimum Gasteiger partial charge on any atom is -0.370 e. The van der Waals surface area contributed by atoms with Crippen molar-refractivity contribution in [3.8, 4) is 0 Å². The van der Waals surface area contributed by atoms with E-state index in [0.29, 0.717) is 0 Å². The summed E-state index contributed by atoms with van der Waals surface area (Å²) in [4.78, 5) is 2.24. The summed E-state index contributed by atoms with van der Waals surface area (Å²) in [5.74, 6) is 0. The molecular formula is C17H21BrN2. The van der Waals surface area contributed by atoms with Crippen LogP contribution < -0.4 is 10.6 Å². The summed E-state index contributed by atoms with van der Waals surface area (Å²) in [6, 6.07) is 15.0. The third-order valence-corrected chi connectivity index (χ3v) is 4.10. The van der Waals surface area contributed by atoms with Gasteiger partial charge < -0.3 is 10.6 Å². The molecular weight excluding hydrogens is 312 g/mol. The molecule has 0 aliphatic heterocycles. The van der Waals surface area contributed by atoms with Gasteiger partial charge in [-0.05, 0) is 37.1 Å². The Morgan fingerprint density at radius 1 is 1.20 bits per heavy atom. The lowest BCUT2D eigenvalue weighted by Crippen LogP contribution is -2.17. The molecule has 0 aliphatic carbocycles. The molecule has 0 saturated carbocycles.